The second kappa shape index (κ2) is 7.40. The van der Waals surface area contributed by atoms with E-state index in [2.05, 4.69) is 47.0 Å². The fraction of sp³-hybridized carbons (Fsp3) is 0.222. The Hall–Kier alpha value is -2.26. The van der Waals surface area contributed by atoms with Crippen LogP contribution in [-0.4, -0.2) is 47.2 Å². The summed E-state index contributed by atoms with van der Waals surface area (Å²) in [4.78, 5) is 29.0. The van der Waals surface area contributed by atoms with E-state index in [1.165, 1.54) is 0 Å². The van der Waals surface area contributed by atoms with E-state index in [9.17, 15) is 9.59 Å². The minimum Gasteiger partial charge on any atom is -0.421 e. The van der Waals surface area contributed by atoms with Crippen molar-refractivity contribution in [2.24, 2.45) is 0 Å². The van der Waals surface area contributed by atoms with Crippen LogP contribution in [0.3, 0.4) is 0 Å². The molecule has 7 nitrogen and oxygen atoms in total. The molecule has 1 saturated heterocycles. The molecule has 0 saturated carbocycles. The van der Waals surface area contributed by atoms with Crippen molar-refractivity contribution in [3.05, 3.63) is 61.5 Å². The maximum atomic E-state index is 12.9. The number of amides is 1. The molecule has 0 spiro atoms. The molecule has 0 N–H and O–H groups in total. The van der Waals surface area contributed by atoms with Crippen molar-refractivity contribution in [2.45, 2.75) is 0 Å². The number of halogens is 2. The first kappa shape index (κ1) is 18.1. The molecule has 0 aliphatic carbocycles. The molecule has 138 valence electrons. The van der Waals surface area contributed by atoms with Crippen molar-refractivity contribution in [1.82, 2.24) is 15.1 Å². The number of anilines is 1. The lowest BCUT2D eigenvalue weighted by Gasteiger charge is -2.35. The number of aromatic nitrogens is 2. The van der Waals surface area contributed by atoms with Crippen LogP contribution in [0.5, 0.6) is 0 Å². The van der Waals surface area contributed by atoms with Gasteiger partial charge in [-0.15, -0.1) is 5.10 Å². The van der Waals surface area contributed by atoms with Gasteiger partial charge in [0.25, 0.3) is 5.91 Å². The van der Waals surface area contributed by atoms with E-state index in [4.69, 9.17) is 4.42 Å². The standard InChI is InChI=1S/C18H14Br2N4O3/c19-12-8-11-9-13(18(26)27-16(11)14(20)10-12)17(25)24-6-4-23(5-7-24)15-2-1-3-21-22-15/h1-3,8-10H,4-7H2. The first-order chi connectivity index (χ1) is 13.0. The Morgan fingerprint density at radius 1 is 1.11 bits per heavy atom. The summed E-state index contributed by atoms with van der Waals surface area (Å²) in [6.45, 7) is 2.24. The minimum atomic E-state index is -0.633. The number of nitrogens with zero attached hydrogens (tertiary/aromatic N) is 4. The van der Waals surface area contributed by atoms with Gasteiger partial charge in [0.05, 0.1) is 4.47 Å². The molecule has 1 aromatic carbocycles. The molecule has 3 heterocycles. The van der Waals surface area contributed by atoms with E-state index in [1.807, 2.05) is 18.2 Å². The fourth-order valence-corrected chi connectivity index (χ4v) is 4.42. The summed E-state index contributed by atoms with van der Waals surface area (Å²) in [6.07, 6.45) is 1.62. The molecule has 1 aliphatic rings. The van der Waals surface area contributed by atoms with Crippen LogP contribution in [0.2, 0.25) is 0 Å². The average molecular weight is 494 g/mol. The fourth-order valence-electron chi connectivity index (χ4n) is 3.08. The van der Waals surface area contributed by atoms with Crippen molar-refractivity contribution in [3.8, 4) is 0 Å². The highest BCUT2D eigenvalue weighted by atomic mass is 79.9. The van der Waals surface area contributed by atoms with E-state index in [0.717, 1.165) is 10.3 Å². The Bertz CT molecular complexity index is 1060. The van der Waals surface area contributed by atoms with Crippen LogP contribution in [0, 0.1) is 0 Å². The summed E-state index contributed by atoms with van der Waals surface area (Å²) < 4.78 is 6.86. The van der Waals surface area contributed by atoms with Gasteiger partial charge in [0.15, 0.2) is 11.4 Å². The van der Waals surface area contributed by atoms with Crippen molar-refractivity contribution in [1.29, 1.82) is 0 Å². The molecule has 0 atom stereocenters. The summed E-state index contributed by atoms with van der Waals surface area (Å²) in [7, 11) is 0. The maximum Gasteiger partial charge on any atom is 0.349 e. The molecule has 0 unspecified atom stereocenters. The third kappa shape index (κ3) is 3.61. The van der Waals surface area contributed by atoms with Crippen molar-refractivity contribution in [3.63, 3.8) is 0 Å². The van der Waals surface area contributed by atoms with Crippen LogP contribution in [0.25, 0.3) is 11.0 Å². The van der Waals surface area contributed by atoms with E-state index < -0.39 is 5.63 Å². The predicted octanol–water partition coefficient (Wildman–Crippen LogP) is 3.07. The number of hydrogen-bond acceptors (Lipinski definition) is 6. The second-order valence-corrected chi connectivity index (χ2v) is 7.88. The number of hydrogen-bond donors (Lipinski definition) is 0. The largest absolute Gasteiger partial charge is 0.421 e. The van der Waals surface area contributed by atoms with Crippen molar-refractivity contribution in [2.75, 3.05) is 31.1 Å². The number of benzene rings is 1. The van der Waals surface area contributed by atoms with Crippen molar-refractivity contribution >= 4 is 54.6 Å². The van der Waals surface area contributed by atoms with Crippen LogP contribution in [0.1, 0.15) is 10.4 Å². The van der Waals surface area contributed by atoms with E-state index in [-0.39, 0.29) is 11.5 Å². The van der Waals surface area contributed by atoms with E-state index in [0.29, 0.717) is 41.6 Å². The second-order valence-electron chi connectivity index (χ2n) is 6.11. The maximum absolute atomic E-state index is 12.9. The highest BCUT2D eigenvalue weighted by molar-refractivity contribution is 9.11. The van der Waals surface area contributed by atoms with Gasteiger partial charge < -0.3 is 14.2 Å². The van der Waals surface area contributed by atoms with Gasteiger partial charge in [0, 0.05) is 42.2 Å². The van der Waals surface area contributed by atoms with Gasteiger partial charge in [-0.2, -0.15) is 5.10 Å². The van der Waals surface area contributed by atoms with Gasteiger partial charge in [-0.1, -0.05) is 15.9 Å². The summed E-state index contributed by atoms with van der Waals surface area (Å²) in [5.74, 6) is 0.463. The molecular formula is C18H14Br2N4O3. The molecule has 0 radical (unpaired) electrons. The Morgan fingerprint density at radius 3 is 2.59 bits per heavy atom. The zero-order valence-corrected chi connectivity index (χ0v) is 17.2. The van der Waals surface area contributed by atoms with Crippen LogP contribution >= 0.6 is 31.9 Å². The lowest BCUT2D eigenvalue weighted by atomic mass is 10.1. The molecule has 1 aliphatic heterocycles. The highest BCUT2D eigenvalue weighted by Crippen LogP contribution is 2.28. The van der Waals surface area contributed by atoms with Crippen LogP contribution in [0.15, 0.2) is 54.7 Å². The minimum absolute atomic E-state index is 0.0421. The summed E-state index contributed by atoms with van der Waals surface area (Å²) in [5.41, 5.74) is -0.167. The first-order valence-electron chi connectivity index (χ1n) is 8.28. The molecule has 3 aromatic rings. The SMILES string of the molecule is O=C(c1cc2cc(Br)cc(Br)c2oc1=O)N1CCN(c2cccnn2)CC1. The Morgan fingerprint density at radius 2 is 1.89 bits per heavy atom. The number of rotatable bonds is 2. The number of carbonyl (C=O) groups excluding carboxylic acids is 1. The lowest BCUT2D eigenvalue weighted by molar-refractivity contribution is 0.0742. The highest BCUT2D eigenvalue weighted by Gasteiger charge is 2.25. The topological polar surface area (TPSA) is 79.5 Å². The molecule has 4 rings (SSSR count). The summed E-state index contributed by atoms with van der Waals surface area (Å²) in [6, 6.07) is 8.91. The van der Waals surface area contributed by atoms with Crippen molar-refractivity contribution < 1.29 is 9.21 Å². The van der Waals surface area contributed by atoms with E-state index >= 15 is 0 Å². The third-order valence-corrected chi connectivity index (χ3v) is 5.48. The zero-order chi connectivity index (χ0) is 19.0. The molecule has 1 fully saturated rings. The number of carbonyl (C=O) groups is 1. The molecule has 2 aromatic heterocycles. The van der Waals surface area contributed by atoms with E-state index in [1.54, 1.807) is 23.2 Å². The Labute approximate surface area is 171 Å². The Kier molecular flexibility index (Phi) is 4.96. The molecule has 1 amide bonds. The Balaban J connectivity index is 1.57. The van der Waals surface area contributed by atoms with Gasteiger partial charge >= 0.3 is 5.63 Å². The summed E-state index contributed by atoms with van der Waals surface area (Å²) in [5, 5.41) is 8.65. The quantitative estimate of drug-likeness (QED) is 0.510. The average Bonchev–Trinajstić information content (AvgIpc) is 2.68. The van der Waals surface area contributed by atoms with Gasteiger partial charge in [0.1, 0.15) is 5.56 Å². The lowest BCUT2D eigenvalue weighted by Crippen LogP contribution is -2.49. The van der Waals surface area contributed by atoms with Crippen LogP contribution in [0.4, 0.5) is 5.82 Å². The van der Waals surface area contributed by atoms with Gasteiger partial charge in [-0.05, 0) is 46.3 Å². The smallest absolute Gasteiger partial charge is 0.349 e. The van der Waals surface area contributed by atoms with Crippen LogP contribution in [-0.2, 0) is 0 Å². The molecule has 9 heteroatoms. The number of piperazine rings is 1. The van der Waals surface area contributed by atoms with Gasteiger partial charge in [0.2, 0.25) is 0 Å². The molecule has 0 bridgehead atoms. The normalized spacial score (nSPS) is 14.6. The summed E-state index contributed by atoms with van der Waals surface area (Å²) >= 11 is 6.78. The predicted molar refractivity (Wildman–Crippen MR) is 108 cm³/mol. The van der Waals surface area contributed by atoms with Crippen LogP contribution < -0.4 is 10.5 Å². The van der Waals surface area contributed by atoms with Gasteiger partial charge in [-0.3, -0.25) is 4.79 Å². The molecular weight excluding hydrogens is 480 g/mol. The van der Waals surface area contributed by atoms with Gasteiger partial charge in [-0.25, -0.2) is 4.79 Å². The number of fused-ring (bicyclic) bond motifs is 1. The monoisotopic (exact) mass is 492 g/mol. The first-order valence-corrected chi connectivity index (χ1v) is 9.86. The third-order valence-electron chi connectivity index (χ3n) is 4.43. The molecule has 27 heavy (non-hydrogen) atoms. The zero-order valence-electron chi connectivity index (χ0n) is 14.1.